The molecule has 0 spiro atoms. The average molecular weight is 470 g/mol. The molecule has 0 atom stereocenters. The maximum atomic E-state index is 11.9. The summed E-state index contributed by atoms with van der Waals surface area (Å²) in [6, 6.07) is 16.8. The lowest BCUT2D eigenvalue weighted by atomic mass is 10.2. The van der Waals surface area contributed by atoms with Crippen molar-refractivity contribution in [3.63, 3.8) is 0 Å². The van der Waals surface area contributed by atoms with Gasteiger partial charge in [0.05, 0.1) is 11.6 Å². The Balaban J connectivity index is 1.87. The van der Waals surface area contributed by atoms with Crippen molar-refractivity contribution in [3.8, 4) is 6.07 Å². The number of hydrogen-bond donors (Lipinski definition) is 3. The molecule has 4 N–H and O–H groups in total. The molecule has 0 saturated heterocycles. The number of nitrogens with zero attached hydrogens (tertiary/aromatic N) is 3. The van der Waals surface area contributed by atoms with Gasteiger partial charge in [-0.1, -0.05) is 46.9 Å². The number of nitrogens with one attached hydrogen (secondary N) is 2. The lowest BCUT2D eigenvalue weighted by Crippen LogP contribution is -2.12. The van der Waals surface area contributed by atoms with E-state index in [2.05, 4.69) is 49.2 Å². The number of hydrogen-bond acceptors (Lipinski definition) is 5. The highest BCUT2D eigenvalue weighted by Crippen LogP contribution is 2.26. The largest absolute Gasteiger partial charge is 0.365 e. The number of amides is 1. The number of rotatable bonds is 6. The summed E-state index contributed by atoms with van der Waals surface area (Å²) in [5.41, 5.74) is 9.01. The van der Waals surface area contributed by atoms with Gasteiger partial charge in [-0.2, -0.15) is 10.4 Å². The van der Waals surface area contributed by atoms with E-state index in [9.17, 15) is 4.79 Å². The molecule has 27 heavy (non-hydrogen) atoms. The maximum absolute atomic E-state index is 11.9. The molecule has 3 aromatic rings. The van der Waals surface area contributed by atoms with E-state index in [4.69, 9.17) is 11.0 Å². The summed E-state index contributed by atoms with van der Waals surface area (Å²) in [6.07, 6.45) is 1.56. The highest BCUT2D eigenvalue weighted by Gasteiger charge is 2.18. The summed E-state index contributed by atoms with van der Waals surface area (Å²) >= 11 is 2.28. The Morgan fingerprint density at radius 1 is 1.33 bits per heavy atom. The van der Waals surface area contributed by atoms with Crippen LogP contribution in [-0.4, -0.2) is 22.3 Å². The Morgan fingerprint density at radius 3 is 2.78 bits per heavy atom. The van der Waals surface area contributed by atoms with Crippen LogP contribution in [0.5, 0.6) is 0 Å². The Hall–Kier alpha value is -3.19. The molecule has 0 aliphatic rings. The molecule has 0 radical (unpaired) electrons. The topological polar surface area (TPSA) is 120 Å². The molecule has 134 valence electrons. The molecule has 0 unspecified atom stereocenters. The van der Waals surface area contributed by atoms with Gasteiger partial charge in [-0.25, -0.2) is 4.99 Å². The van der Waals surface area contributed by atoms with Crippen LogP contribution < -0.4 is 11.1 Å². The molecule has 3 rings (SSSR count). The zero-order chi connectivity index (χ0) is 19.2. The van der Waals surface area contributed by atoms with Crippen LogP contribution >= 0.6 is 22.6 Å². The number of halogens is 1. The Bertz CT molecular complexity index is 1030. The van der Waals surface area contributed by atoms with Crippen molar-refractivity contribution in [3.05, 3.63) is 70.8 Å². The Labute approximate surface area is 169 Å². The van der Waals surface area contributed by atoms with Gasteiger partial charge in [0.25, 0.3) is 5.91 Å². The molecule has 0 saturated carbocycles. The fraction of sp³-hybridized carbons (Fsp3) is 0.0526. The van der Waals surface area contributed by atoms with Gasteiger partial charge in [0, 0.05) is 16.3 Å². The van der Waals surface area contributed by atoms with E-state index < -0.39 is 5.91 Å². The van der Waals surface area contributed by atoms with Gasteiger partial charge in [0.2, 0.25) is 0 Å². The van der Waals surface area contributed by atoms with E-state index in [1.807, 2.05) is 24.3 Å². The van der Waals surface area contributed by atoms with E-state index in [0.29, 0.717) is 11.4 Å². The van der Waals surface area contributed by atoms with Crippen molar-refractivity contribution in [1.82, 2.24) is 10.2 Å². The number of carbonyl (C=O) groups excluding carboxylic acids is 1. The van der Waals surface area contributed by atoms with Crippen molar-refractivity contribution < 1.29 is 4.79 Å². The normalized spacial score (nSPS) is 10.7. The second-order valence-corrected chi connectivity index (χ2v) is 6.38. The molecule has 1 heterocycles. The van der Waals surface area contributed by atoms with Crippen LogP contribution in [0.3, 0.4) is 0 Å². The molecule has 0 bridgehead atoms. The van der Waals surface area contributed by atoms with Crippen LogP contribution in [0.2, 0.25) is 0 Å². The first kappa shape index (κ1) is 18.6. The summed E-state index contributed by atoms with van der Waals surface area (Å²) in [4.78, 5) is 16.2. The molecule has 0 fully saturated rings. The van der Waals surface area contributed by atoms with Gasteiger partial charge < -0.3 is 11.1 Å². The number of aromatic nitrogens is 2. The van der Waals surface area contributed by atoms with E-state index in [1.54, 1.807) is 30.5 Å². The van der Waals surface area contributed by atoms with Gasteiger partial charge in [-0.05, 0) is 35.4 Å². The second kappa shape index (κ2) is 8.46. The summed E-state index contributed by atoms with van der Waals surface area (Å²) in [6.45, 7) is 0. The van der Waals surface area contributed by atoms with Crippen LogP contribution in [0.25, 0.3) is 0 Å². The van der Waals surface area contributed by atoms with Crippen molar-refractivity contribution >= 4 is 52.0 Å². The van der Waals surface area contributed by atoms with E-state index >= 15 is 0 Å². The van der Waals surface area contributed by atoms with E-state index in [1.165, 1.54) is 0 Å². The van der Waals surface area contributed by atoms with Gasteiger partial charge in [-0.3, -0.25) is 9.89 Å². The SMILES string of the molecule is N#Cc1ccc(C=Nc2n[nH]c(Nc3cccc(CI)c3)c2C(N)=O)cc1. The van der Waals surface area contributed by atoms with Crippen LogP contribution in [-0.2, 0) is 4.43 Å². The minimum absolute atomic E-state index is 0.180. The molecule has 1 aromatic heterocycles. The second-order valence-electron chi connectivity index (χ2n) is 5.61. The number of carbonyl (C=O) groups is 1. The Morgan fingerprint density at radius 2 is 2.11 bits per heavy atom. The lowest BCUT2D eigenvalue weighted by Gasteiger charge is -2.06. The summed E-state index contributed by atoms with van der Waals surface area (Å²) in [7, 11) is 0. The minimum Gasteiger partial charge on any atom is -0.365 e. The highest BCUT2D eigenvalue weighted by atomic mass is 127. The number of benzene rings is 2. The molecule has 8 heteroatoms. The highest BCUT2D eigenvalue weighted by molar-refractivity contribution is 14.1. The van der Waals surface area contributed by atoms with Crippen LogP contribution in [0, 0.1) is 11.3 Å². The summed E-state index contributed by atoms with van der Waals surface area (Å²) in [5.74, 6) is -0.0530. The number of aromatic amines is 1. The van der Waals surface area contributed by atoms with E-state index in [-0.39, 0.29) is 11.4 Å². The first-order valence-corrected chi connectivity index (χ1v) is 9.47. The fourth-order valence-corrected chi connectivity index (χ4v) is 2.88. The lowest BCUT2D eigenvalue weighted by molar-refractivity contribution is 0.100. The summed E-state index contributed by atoms with van der Waals surface area (Å²) in [5, 5.41) is 18.8. The zero-order valence-electron chi connectivity index (χ0n) is 14.1. The molecule has 2 aromatic carbocycles. The monoisotopic (exact) mass is 470 g/mol. The van der Waals surface area contributed by atoms with Gasteiger partial charge in [0.15, 0.2) is 5.82 Å². The number of alkyl halides is 1. The maximum Gasteiger partial charge on any atom is 0.256 e. The third kappa shape index (κ3) is 4.51. The zero-order valence-corrected chi connectivity index (χ0v) is 16.3. The number of nitriles is 1. The first-order chi connectivity index (χ1) is 13.1. The number of aliphatic imine (C=N–C) groups is 1. The van der Waals surface area contributed by atoms with E-state index in [0.717, 1.165) is 21.2 Å². The minimum atomic E-state index is -0.636. The predicted molar refractivity (Wildman–Crippen MR) is 113 cm³/mol. The fourth-order valence-electron chi connectivity index (χ4n) is 2.41. The molecule has 1 amide bonds. The summed E-state index contributed by atoms with van der Waals surface area (Å²) < 4.78 is 0.874. The third-order valence-electron chi connectivity index (χ3n) is 3.72. The number of primary amides is 1. The van der Waals surface area contributed by atoms with Crippen molar-refractivity contribution in [2.75, 3.05) is 5.32 Å². The van der Waals surface area contributed by atoms with Crippen LogP contribution in [0.1, 0.15) is 27.0 Å². The number of anilines is 2. The molecular weight excluding hydrogens is 455 g/mol. The van der Waals surface area contributed by atoms with Crippen molar-refractivity contribution in [2.24, 2.45) is 10.7 Å². The van der Waals surface area contributed by atoms with Crippen LogP contribution in [0.15, 0.2) is 53.5 Å². The number of nitrogens with two attached hydrogens (primary N) is 1. The Kier molecular flexibility index (Phi) is 5.83. The standard InChI is InChI=1S/C19H15IN6O/c20-9-14-2-1-3-15(8-14)24-19-16(17(22)27)18(25-26-19)23-11-13-6-4-12(10-21)5-7-13/h1-8,11H,9H2,(H2,22,27)(H2,24,25,26). The predicted octanol–water partition coefficient (Wildman–Crippen LogP) is 3.81. The van der Waals surface area contributed by atoms with Crippen molar-refractivity contribution in [1.29, 1.82) is 5.26 Å². The van der Waals surface area contributed by atoms with Crippen LogP contribution in [0.4, 0.5) is 17.3 Å². The molecular formula is C19H15IN6O. The molecule has 7 nitrogen and oxygen atoms in total. The van der Waals surface area contributed by atoms with Gasteiger partial charge in [-0.15, -0.1) is 0 Å². The first-order valence-electron chi connectivity index (χ1n) is 7.95. The quantitative estimate of drug-likeness (QED) is 0.288. The van der Waals surface area contributed by atoms with Crippen molar-refractivity contribution in [2.45, 2.75) is 4.43 Å². The molecule has 0 aliphatic heterocycles. The molecule has 0 aliphatic carbocycles. The van der Waals surface area contributed by atoms with Gasteiger partial charge in [0.1, 0.15) is 11.4 Å². The third-order valence-corrected chi connectivity index (χ3v) is 4.60. The number of H-pyrrole nitrogens is 1. The average Bonchev–Trinajstić information content (AvgIpc) is 3.09. The van der Waals surface area contributed by atoms with Gasteiger partial charge >= 0.3 is 0 Å². The smallest absolute Gasteiger partial charge is 0.256 e.